The van der Waals surface area contributed by atoms with E-state index in [1.807, 2.05) is 26.0 Å². The van der Waals surface area contributed by atoms with Gasteiger partial charge >= 0.3 is 22.3 Å². The number of halogens is 3. The van der Waals surface area contributed by atoms with Crippen LogP contribution in [0.2, 0.25) is 0 Å². The second kappa shape index (κ2) is 11.2. The van der Waals surface area contributed by atoms with Crippen molar-refractivity contribution in [2.75, 3.05) is 5.32 Å². The number of carbonyl (C=O) groups excluding carboxylic acids is 1. The number of carbonyl (C=O) groups is 1. The summed E-state index contributed by atoms with van der Waals surface area (Å²) in [5.41, 5.74) is 1.99. The average molecular weight is 559 g/mol. The van der Waals surface area contributed by atoms with Crippen LogP contribution in [0.1, 0.15) is 28.0 Å². The topological polar surface area (TPSA) is 88.9 Å². The van der Waals surface area contributed by atoms with Gasteiger partial charge in [-0.15, -0.1) is 0 Å². The SMILES string of the molecule is Cc1ccc(NC(=O)N(Cc2cccc(OS(=O)(=O)c3cccc(C(F)(F)F)c3)c2)Cc2ccco2)c(C)c1. The van der Waals surface area contributed by atoms with E-state index in [2.05, 4.69) is 5.32 Å². The van der Waals surface area contributed by atoms with Crippen molar-refractivity contribution in [3.8, 4) is 5.75 Å². The number of benzene rings is 3. The molecule has 0 aliphatic rings. The molecule has 39 heavy (non-hydrogen) atoms. The normalized spacial score (nSPS) is 11.7. The Labute approximate surface area is 224 Å². The molecule has 3 aromatic carbocycles. The smallest absolute Gasteiger partial charge is 0.416 e. The first kappa shape index (κ1) is 27.8. The van der Waals surface area contributed by atoms with Crippen LogP contribution >= 0.6 is 0 Å². The van der Waals surface area contributed by atoms with Crippen molar-refractivity contribution in [1.82, 2.24) is 4.90 Å². The van der Waals surface area contributed by atoms with E-state index in [4.69, 9.17) is 8.60 Å². The van der Waals surface area contributed by atoms with Crippen LogP contribution in [0.5, 0.6) is 5.75 Å². The fraction of sp³-hybridized carbons (Fsp3) is 0.179. The lowest BCUT2D eigenvalue weighted by Gasteiger charge is -2.23. The van der Waals surface area contributed by atoms with Gasteiger partial charge in [-0.2, -0.15) is 21.6 Å². The molecule has 1 heterocycles. The Morgan fingerprint density at radius 2 is 1.72 bits per heavy atom. The maximum absolute atomic E-state index is 13.2. The molecule has 0 saturated carbocycles. The minimum absolute atomic E-state index is 0.0538. The highest BCUT2D eigenvalue weighted by Crippen LogP contribution is 2.31. The van der Waals surface area contributed by atoms with Crippen molar-refractivity contribution in [3.05, 3.63) is 113 Å². The van der Waals surface area contributed by atoms with Gasteiger partial charge in [-0.3, -0.25) is 0 Å². The van der Waals surface area contributed by atoms with E-state index < -0.39 is 32.8 Å². The molecule has 7 nitrogen and oxygen atoms in total. The van der Waals surface area contributed by atoms with Gasteiger partial charge in [0.2, 0.25) is 0 Å². The average Bonchev–Trinajstić information content (AvgIpc) is 3.38. The molecule has 0 radical (unpaired) electrons. The summed E-state index contributed by atoms with van der Waals surface area (Å²) in [7, 11) is -4.56. The predicted molar refractivity (Wildman–Crippen MR) is 139 cm³/mol. The van der Waals surface area contributed by atoms with Gasteiger partial charge in [0.05, 0.1) is 18.4 Å². The first-order chi connectivity index (χ1) is 18.4. The lowest BCUT2D eigenvalue weighted by atomic mass is 10.1. The maximum Gasteiger partial charge on any atom is 0.416 e. The number of aryl methyl sites for hydroxylation is 2. The fourth-order valence-corrected chi connectivity index (χ4v) is 4.83. The Balaban J connectivity index is 1.55. The lowest BCUT2D eigenvalue weighted by Crippen LogP contribution is -2.34. The molecule has 204 valence electrons. The van der Waals surface area contributed by atoms with Gasteiger partial charge < -0.3 is 18.8 Å². The largest absolute Gasteiger partial charge is 0.467 e. The molecule has 1 aromatic heterocycles. The third-order valence-electron chi connectivity index (χ3n) is 5.77. The van der Waals surface area contributed by atoms with Crippen LogP contribution in [0.4, 0.5) is 23.7 Å². The number of hydrogen-bond donors (Lipinski definition) is 1. The van der Waals surface area contributed by atoms with Crippen molar-refractivity contribution in [3.63, 3.8) is 0 Å². The van der Waals surface area contributed by atoms with Crippen LogP contribution in [0.25, 0.3) is 0 Å². The van der Waals surface area contributed by atoms with Crippen molar-refractivity contribution >= 4 is 21.8 Å². The van der Waals surface area contributed by atoms with Crippen LogP contribution in [0, 0.1) is 13.8 Å². The minimum Gasteiger partial charge on any atom is -0.467 e. The Kier molecular flexibility index (Phi) is 8.01. The molecule has 0 aliphatic carbocycles. The Morgan fingerprint density at radius 1 is 0.949 bits per heavy atom. The molecule has 0 fully saturated rings. The molecular formula is C28H25F3N2O5S. The van der Waals surface area contributed by atoms with Crippen LogP contribution in [-0.2, 0) is 29.4 Å². The van der Waals surface area contributed by atoms with E-state index in [9.17, 15) is 26.4 Å². The molecule has 4 rings (SSSR count). The summed E-state index contributed by atoms with van der Waals surface area (Å²) < 4.78 is 75.1. The van der Waals surface area contributed by atoms with Crippen molar-refractivity contribution in [2.45, 2.75) is 38.0 Å². The van der Waals surface area contributed by atoms with Crippen LogP contribution in [0.15, 0.2) is 94.4 Å². The van der Waals surface area contributed by atoms with Crippen LogP contribution in [0.3, 0.4) is 0 Å². The minimum atomic E-state index is -4.71. The van der Waals surface area contributed by atoms with Gasteiger partial charge in [-0.05, 0) is 73.5 Å². The summed E-state index contributed by atoms with van der Waals surface area (Å²) in [5, 5.41) is 2.89. The number of hydrogen-bond acceptors (Lipinski definition) is 5. The molecule has 0 bridgehead atoms. The van der Waals surface area contributed by atoms with E-state index in [0.29, 0.717) is 23.1 Å². The van der Waals surface area contributed by atoms with E-state index in [1.165, 1.54) is 29.4 Å². The summed E-state index contributed by atoms with van der Waals surface area (Å²) in [6, 6.07) is 17.9. The van der Waals surface area contributed by atoms with E-state index in [1.54, 1.807) is 24.3 Å². The van der Waals surface area contributed by atoms with E-state index in [0.717, 1.165) is 29.3 Å². The molecule has 0 saturated heterocycles. The maximum atomic E-state index is 13.2. The zero-order valence-corrected chi connectivity index (χ0v) is 21.8. The van der Waals surface area contributed by atoms with Gasteiger partial charge in [0.1, 0.15) is 16.4 Å². The van der Waals surface area contributed by atoms with Gasteiger partial charge in [-0.1, -0.05) is 35.9 Å². The zero-order valence-electron chi connectivity index (χ0n) is 21.0. The van der Waals surface area contributed by atoms with Crippen molar-refractivity contribution in [1.29, 1.82) is 0 Å². The van der Waals surface area contributed by atoms with E-state index in [-0.39, 0.29) is 18.8 Å². The summed E-state index contributed by atoms with van der Waals surface area (Å²) in [6.45, 7) is 4.00. The van der Waals surface area contributed by atoms with Gasteiger partial charge in [0.25, 0.3) is 0 Å². The number of anilines is 1. The highest BCUT2D eigenvalue weighted by atomic mass is 32.2. The Bertz CT molecular complexity index is 1570. The molecule has 0 atom stereocenters. The van der Waals surface area contributed by atoms with Crippen molar-refractivity contribution < 1.29 is 35.0 Å². The number of furan rings is 1. The number of amides is 2. The highest BCUT2D eigenvalue weighted by Gasteiger charge is 2.32. The first-order valence-electron chi connectivity index (χ1n) is 11.8. The van der Waals surface area contributed by atoms with Gasteiger partial charge in [-0.25, -0.2) is 4.79 Å². The zero-order chi connectivity index (χ0) is 28.2. The predicted octanol–water partition coefficient (Wildman–Crippen LogP) is 6.92. The lowest BCUT2D eigenvalue weighted by molar-refractivity contribution is -0.137. The number of rotatable bonds is 8. The standard InChI is InChI=1S/C28H25F3N2O5S/c1-19-11-12-26(20(2)14-19)32-27(34)33(18-24-9-5-13-37-24)17-21-6-3-8-23(15-21)38-39(35,36)25-10-4-7-22(16-25)28(29,30)31/h3-16H,17-18H2,1-2H3,(H,32,34). The Morgan fingerprint density at radius 3 is 2.41 bits per heavy atom. The van der Waals surface area contributed by atoms with Gasteiger partial charge in [0.15, 0.2) is 0 Å². The second-order valence-electron chi connectivity index (χ2n) is 8.89. The summed E-state index contributed by atoms with van der Waals surface area (Å²) in [6.07, 6.45) is -3.22. The number of alkyl halides is 3. The molecule has 1 N–H and O–H groups in total. The number of nitrogens with zero attached hydrogens (tertiary/aromatic N) is 1. The summed E-state index contributed by atoms with van der Waals surface area (Å²) >= 11 is 0. The molecule has 11 heteroatoms. The van der Waals surface area contributed by atoms with Crippen LogP contribution in [-0.4, -0.2) is 19.3 Å². The number of urea groups is 1. The molecule has 4 aromatic rings. The summed E-state index contributed by atoms with van der Waals surface area (Å²) in [4.78, 5) is 14.1. The van der Waals surface area contributed by atoms with Gasteiger partial charge in [0, 0.05) is 12.2 Å². The highest BCUT2D eigenvalue weighted by molar-refractivity contribution is 7.87. The Hall–Kier alpha value is -4.25. The first-order valence-corrected chi connectivity index (χ1v) is 13.2. The molecular weight excluding hydrogens is 533 g/mol. The van der Waals surface area contributed by atoms with Crippen LogP contribution < -0.4 is 9.50 Å². The monoisotopic (exact) mass is 558 g/mol. The van der Waals surface area contributed by atoms with Crippen molar-refractivity contribution in [2.24, 2.45) is 0 Å². The third-order valence-corrected chi connectivity index (χ3v) is 7.01. The quantitative estimate of drug-likeness (QED) is 0.237. The second-order valence-corrected chi connectivity index (χ2v) is 10.4. The molecule has 2 amide bonds. The fourth-order valence-electron chi connectivity index (χ4n) is 3.86. The molecule has 0 aliphatic heterocycles. The van der Waals surface area contributed by atoms with E-state index >= 15 is 0 Å². The molecule has 0 spiro atoms. The number of nitrogens with one attached hydrogen (secondary N) is 1. The molecule has 0 unspecified atom stereocenters. The summed E-state index contributed by atoms with van der Waals surface area (Å²) in [5.74, 6) is 0.419. The third kappa shape index (κ3) is 7.20.